The van der Waals surface area contributed by atoms with Crippen LogP contribution in [0.5, 0.6) is 0 Å². The van der Waals surface area contributed by atoms with Crippen LogP contribution in [0.25, 0.3) is 0 Å². The number of rotatable bonds is 2. The van der Waals surface area contributed by atoms with Crippen molar-refractivity contribution in [1.82, 2.24) is 10.0 Å². The second kappa shape index (κ2) is 3.41. The van der Waals surface area contributed by atoms with E-state index < -0.39 is 5.82 Å². The molecule has 0 bridgehead atoms. The first-order valence-corrected chi connectivity index (χ1v) is 3.18. The summed E-state index contributed by atoms with van der Waals surface area (Å²) in [6, 6.07) is 1.53. The van der Waals surface area contributed by atoms with E-state index in [0.717, 1.165) is 11.3 Å². The molecule has 1 rings (SSSR count). The van der Waals surface area contributed by atoms with Gasteiger partial charge in [0.05, 0.1) is 12.7 Å². The first-order chi connectivity index (χ1) is 5.20. The van der Waals surface area contributed by atoms with E-state index in [1.165, 1.54) is 19.3 Å². The predicted molar refractivity (Wildman–Crippen MR) is 37.4 cm³/mol. The average molecular weight is 156 g/mol. The van der Waals surface area contributed by atoms with Crippen LogP contribution in [-0.2, 0) is 6.54 Å². The van der Waals surface area contributed by atoms with Crippen molar-refractivity contribution in [2.24, 2.45) is 0 Å². The van der Waals surface area contributed by atoms with E-state index in [4.69, 9.17) is 5.21 Å². The molecule has 0 saturated carbocycles. The van der Waals surface area contributed by atoms with Gasteiger partial charge in [-0.1, -0.05) is 0 Å². The summed E-state index contributed by atoms with van der Waals surface area (Å²) in [6.45, 7) is 0.175. The van der Waals surface area contributed by atoms with Crippen molar-refractivity contribution in [2.45, 2.75) is 6.54 Å². The molecular weight excluding hydrogens is 147 g/mol. The lowest BCUT2D eigenvalue weighted by molar-refractivity contribution is -0.0738. The van der Waals surface area contributed by atoms with Gasteiger partial charge in [0, 0.05) is 18.8 Å². The van der Waals surface area contributed by atoms with Gasteiger partial charge >= 0.3 is 0 Å². The molecule has 3 nitrogen and oxygen atoms in total. The second-order valence-electron chi connectivity index (χ2n) is 2.28. The molecule has 0 radical (unpaired) electrons. The first kappa shape index (κ1) is 8.10. The fraction of sp³-hybridized carbons (Fsp3) is 0.286. The van der Waals surface area contributed by atoms with Crippen molar-refractivity contribution in [3.63, 3.8) is 0 Å². The largest absolute Gasteiger partial charge is 0.314 e. The molecule has 0 unspecified atom stereocenters. The van der Waals surface area contributed by atoms with Crippen LogP contribution in [0.3, 0.4) is 0 Å². The number of aromatic nitrogens is 1. The molecule has 0 saturated heterocycles. The van der Waals surface area contributed by atoms with Crippen LogP contribution in [0, 0.1) is 5.82 Å². The third-order valence-electron chi connectivity index (χ3n) is 1.26. The number of hydrogen-bond acceptors (Lipinski definition) is 3. The van der Waals surface area contributed by atoms with Crippen LogP contribution in [0.2, 0.25) is 0 Å². The lowest BCUT2D eigenvalue weighted by Gasteiger charge is -2.07. The van der Waals surface area contributed by atoms with E-state index in [9.17, 15) is 4.39 Å². The number of hydrogen-bond donors (Lipinski definition) is 1. The summed E-state index contributed by atoms with van der Waals surface area (Å²) >= 11 is 0. The standard InChI is InChI=1S/C7H9FN2O/c1-10(11)5-6-2-3-9-4-7(6)8/h2-4,11H,5H2,1H3. The third-order valence-corrected chi connectivity index (χ3v) is 1.26. The van der Waals surface area contributed by atoms with E-state index >= 15 is 0 Å². The van der Waals surface area contributed by atoms with Gasteiger partial charge in [0.2, 0.25) is 0 Å². The van der Waals surface area contributed by atoms with Gasteiger partial charge in [0.1, 0.15) is 5.82 Å². The highest BCUT2D eigenvalue weighted by Gasteiger charge is 2.01. The summed E-state index contributed by atoms with van der Waals surface area (Å²) in [5, 5.41) is 9.69. The smallest absolute Gasteiger partial charge is 0.146 e. The van der Waals surface area contributed by atoms with Gasteiger partial charge in [-0.2, -0.15) is 5.06 Å². The predicted octanol–water partition coefficient (Wildman–Crippen LogP) is 1.04. The van der Waals surface area contributed by atoms with Crippen molar-refractivity contribution in [2.75, 3.05) is 7.05 Å². The molecule has 0 amide bonds. The molecule has 60 valence electrons. The SMILES string of the molecule is CN(O)Cc1ccncc1F. The lowest BCUT2D eigenvalue weighted by atomic mass is 10.2. The van der Waals surface area contributed by atoms with Gasteiger partial charge in [-0.25, -0.2) is 4.39 Å². The summed E-state index contributed by atoms with van der Waals surface area (Å²) < 4.78 is 12.7. The molecule has 0 aliphatic heterocycles. The number of pyridine rings is 1. The molecule has 11 heavy (non-hydrogen) atoms. The Hall–Kier alpha value is -1.00. The third kappa shape index (κ3) is 2.25. The summed E-state index contributed by atoms with van der Waals surface area (Å²) in [4.78, 5) is 3.58. The molecule has 0 atom stereocenters. The topological polar surface area (TPSA) is 36.4 Å². The summed E-state index contributed by atoms with van der Waals surface area (Å²) in [5.74, 6) is -0.395. The fourth-order valence-corrected chi connectivity index (χ4v) is 0.779. The Morgan fingerprint density at radius 3 is 3.00 bits per heavy atom. The monoisotopic (exact) mass is 156 g/mol. The van der Waals surface area contributed by atoms with E-state index in [1.807, 2.05) is 0 Å². The number of nitrogens with zero attached hydrogens (tertiary/aromatic N) is 2. The molecule has 0 aromatic carbocycles. The Morgan fingerprint density at radius 2 is 2.45 bits per heavy atom. The van der Waals surface area contributed by atoms with Crippen molar-refractivity contribution >= 4 is 0 Å². The first-order valence-electron chi connectivity index (χ1n) is 3.18. The van der Waals surface area contributed by atoms with Crippen LogP contribution in [-0.4, -0.2) is 22.3 Å². The molecule has 0 fully saturated rings. The van der Waals surface area contributed by atoms with Gasteiger partial charge in [0.25, 0.3) is 0 Å². The molecule has 1 N–H and O–H groups in total. The zero-order valence-electron chi connectivity index (χ0n) is 6.16. The van der Waals surface area contributed by atoms with Gasteiger partial charge < -0.3 is 5.21 Å². The lowest BCUT2D eigenvalue weighted by Crippen LogP contribution is -2.12. The summed E-state index contributed by atoms with van der Waals surface area (Å²) in [6.07, 6.45) is 2.61. The Morgan fingerprint density at radius 1 is 1.73 bits per heavy atom. The minimum Gasteiger partial charge on any atom is -0.314 e. The van der Waals surface area contributed by atoms with E-state index in [1.54, 1.807) is 0 Å². The molecule has 0 aliphatic carbocycles. The van der Waals surface area contributed by atoms with Crippen LogP contribution in [0.1, 0.15) is 5.56 Å². The minimum atomic E-state index is -0.395. The second-order valence-corrected chi connectivity index (χ2v) is 2.28. The van der Waals surface area contributed by atoms with Crippen molar-refractivity contribution in [3.05, 3.63) is 29.8 Å². The van der Waals surface area contributed by atoms with E-state index in [0.29, 0.717) is 5.56 Å². The highest BCUT2D eigenvalue weighted by atomic mass is 19.1. The van der Waals surface area contributed by atoms with Crippen molar-refractivity contribution < 1.29 is 9.60 Å². The van der Waals surface area contributed by atoms with Crippen LogP contribution in [0.4, 0.5) is 4.39 Å². The van der Waals surface area contributed by atoms with Gasteiger partial charge in [0.15, 0.2) is 0 Å². The van der Waals surface area contributed by atoms with Crippen molar-refractivity contribution in [3.8, 4) is 0 Å². The zero-order chi connectivity index (χ0) is 8.27. The number of hydroxylamine groups is 2. The van der Waals surface area contributed by atoms with E-state index in [-0.39, 0.29) is 6.54 Å². The van der Waals surface area contributed by atoms with Crippen LogP contribution >= 0.6 is 0 Å². The molecule has 1 heterocycles. The van der Waals surface area contributed by atoms with Crippen LogP contribution < -0.4 is 0 Å². The van der Waals surface area contributed by atoms with Crippen LogP contribution in [0.15, 0.2) is 18.5 Å². The maximum absolute atomic E-state index is 12.7. The summed E-state index contributed by atoms with van der Waals surface area (Å²) in [5.41, 5.74) is 0.435. The summed E-state index contributed by atoms with van der Waals surface area (Å²) in [7, 11) is 1.46. The average Bonchev–Trinajstić information content (AvgIpc) is 1.93. The Kier molecular flexibility index (Phi) is 2.51. The van der Waals surface area contributed by atoms with Gasteiger partial charge in [-0.3, -0.25) is 4.98 Å². The maximum Gasteiger partial charge on any atom is 0.146 e. The maximum atomic E-state index is 12.7. The molecule has 1 aromatic heterocycles. The van der Waals surface area contributed by atoms with Crippen molar-refractivity contribution in [1.29, 1.82) is 0 Å². The molecule has 1 aromatic rings. The molecular formula is C7H9FN2O. The molecule has 0 spiro atoms. The Labute approximate surface area is 64.1 Å². The Bertz CT molecular complexity index is 240. The fourth-order valence-electron chi connectivity index (χ4n) is 0.779. The van der Waals surface area contributed by atoms with Gasteiger partial charge in [-0.05, 0) is 6.07 Å². The normalized spacial score (nSPS) is 10.5. The highest BCUT2D eigenvalue weighted by molar-refractivity contribution is 5.11. The van der Waals surface area contributed by atoms with E-state index in [2.05, 4.69) is 4.98 Å². The minimum absolute atomic E-state index is 0.175. The zero-order valence-corrected chi connectivity index (χ0v) is 6.16. The molecule has 4 heteroatoms. The number of halogens is 1. The van der Waals surface area contributed by atoms with Gasteiger partial charge in [-0.15, -0.1) is 0 Å². The Balaban J connectivity index is 2.78. The molecule has 0 aliphatic rings. The quantitative estimate of drug-likeness (QED) is 0.650. The highest BCUT2D eigenvalue weighted by Crippen LogP contribution is 2.05.